The highest BCUT2D eigenvalue weighted by atomic mass is 16.1. The first-order valence-corrected chi connectivity index (χ1v) is 7.85. The van der Waals surface area contributed by atoms with E-state index in [2.05, 4.69) is 22.2 Å². The van der Waals surface area contributed by atoms with Crippen LogP contribution in [0.4, 0.5) is 0 Å². The Labute approximate surface area is 135 Å². The molecule has 0 fully saturated rings. The fourth-order valence-electron chi connectivity index (χ4n) is 2.70. The molecule has 0 bridgehead atoms. The van der Waals surface area contributed by atoms with E-state index in [4.69, 9.17) is 0 Å². The van der Waals surface area contributed by atoms with Gasteiger partial charge in [0.2, 0.25) is 0 Å². The first-order chi connectivity index (χ1) is 11.2. The SMILES string of the molecule is CCCn1cc(C(=O)N[C@@H](C)c2cccnc2)c2cccnc21. The van der Waals surface area contributed by atoms with E-state index in [1.807, 2.05) is 42.0 Å². The molecule has 3 rings (SSSR count). The second-order valence-corrected chi connectivity index (χ2v) is 5.59. The summed E-state index contributed by atoms with van der Waals surface area (Å²) in [5.41, 5.74) is 2.50. The number of nitrogens with one attached hydrogen (secondary N) is 1. The fraction of sp³-hybridized carbons (Fsp3) is 0.278. The predicted molar refractivity (Wildman–Crippen MR) is 90.1 cm³/mol. The molecule has 3 aromatic rings. The van der Waals surface area contributed by atoms with Crippen LogP contribution in [0.5, 0.6) is 0 Å². The van der Waals surface area contributed by atoms with E-state index in [-0.39, 0.29) is 11.9 Å². The Morgan fingerprint density at radius 3 is 2.87 bits per heavy atom. The number of carbonyl (C=O) groups is 1. The van der Waals surface area contributed by atoms with Crippen LogP contribution in [0.1, 0.15) is 42.2 Å². The molecule has 1 amide bonds. The zero-order valence-electron chi connectivity index (χ0n) is 13.4. The number of pyridine rings is 2. The van der Waals surface area contributed by atoms with Crippen LogP contribution in [0.2, 0.25) is 0 Å². The molecule has 0 aliphatic carbocycles. The quantitative estimate of drug-likeness (QED) is 0.786. The lowest BCUT2D eigenvalue weighted by molar-refractivity contribution is 0.0941. The Morgan fingerprint density at radius 1 is 1.30 bits per heavy atom. The van der Waals surface area contributed by atoms with Gasteiger partial charge in [-0.2, -0.15) is 0 Å². The molecule has 23 heavy (non-hydrogen) atoms. The lowest BCUT2D eigenvalue weighted by atomic mass is 10.1. The van der Waals surface area contributed by atoms with Gasteiger partial charge in [0.15, 0.2) is 0 Å². The minimum absolute atomic E-state index is 0.0887. The van der Waals surface area contributed by atoms with Gasteiger partial charge in [-0.05, 0) is 37.1 Å². The molecule has 118 valence electrons. The average molecular weight is 308 g/mol. The average Bonchev–Trinajstić information content (AvgIpc) is 2.95. The molecular weight excluding hydrogens is 288 g/mol. The smallest absolute Gasteiger partial charge is 0.253 e. The van der Waals surface area contributed by atoms with Gasteiger partial charge in [0.1, 0.15) is 5.65 Å². The minimum atomic E-state index is -0.0996. The van der Waals surface area contributed by atoms with Crippen molar-refractivity contribution in [2.45, 2.75) is 32.9 Å². The summed E-state index contributed by atoms with van der Waals surface area (Å²) < 4.78 is 2.04. The third-order valence-electron chi connectivity index (χ3n) is 3.87. The van der Waals surface area contributed by atoms with Crippen molar-refractivity contribution >= 4 is 16.9 Å². The summed E-state index contributed by atoms with van der Waals surface area (Å²) in [6, 6.07) is 7.53. The summed E-state index contributed by atoms with van der Waals surface area (Å²) >= 11 is 0. The molecule has 3 heterocycles. The Kier molecular flexibility index (Phi) is 4.37. The summed E-state index contributed by atoms with van der Waals surface area (Å²) in [7, 11) is 0. The highest BCUT2D eigenvalue weighted by Gasteiger charge is 2.17. The molecule has 0 aliphatic heterocycles. The van der Waals surface area contributed by atoms with E-state index >= 15 is 0 Å². The summed E-state index contributed by atoms with van der Waals surface area (Å²) in [5.74, 6) is -0.0887. The number of hydrogen-bond acceptors (Lipinski definition) is 3. The second-order valence-electron chi connectivity index (χ2n) is 5.59. The predicted octanol–water partition coefficient (Wildman–Crippen LogP) is 3.33. The number of carbonyl (C=O) groups excluding carboxylic acids is 1. The maximum atomic E-state index is 12.7. The van der Waals surface area contributed by atoms with Gasteiger partial charge in [-0.25, -0.2) is 4.98 Å². The van der Waals surface area contributed by atoms with E-state index in [9.17, 15) is 4.79 Å². The topological polar surface area (TPSA) is 59.8 Å². The van der Waals surface area contributed by atoms with Crippen molar-refractivity contribution in [3.05, 3.63) is 60.2 Å². The van der Waals surface area contributed by atoms with Crippen LogP contribution in [0.3, 0.4) is 0 Å². The van der Waals surface area contributed by atoms with E-state index in [0.29, 0.717) is 5.56 Å². The maximum absolute atomic E-state index is 12.7. The van der Waals surface area contributed by atoms with Crippen LogP contribution in [0.25, 0.3) is 11.0 Å². The van der Waals surface area contributed by atoms with Crippen molar-refractivity contribution in [2.24, 2.45) is 0 Å². The molecule has 0 spiro atoms. The van der Waals surface area contributed by atoms with Crippen molar-refractivity contribution in [2.75, 3.05) is 0 Å². The molecule has 3 aromatic heterocycles. The summed E-state index contributed by atoms with van der Waals surface area (Å²) in [4.78, 5) is 21.2. The minimum Gasteiger partial charge on any atom is -0.345 e. The van der Waals surface area contributed by atoms with Crippen LogP contribution >= 0.6 is 0 Å². The van der Waals surface area contributed by atoms with Gasteiger partial charge < -0.3 is 9.88 Å². The number of rotatable bonds is 5. The lowest BCUT2D eigenvalue weighted by Crippen LogP contribution is -2.26. The van der Waals surface area contributed by atoms with Gasteiger partial charge in [0.05, 0.1) is 11.6 Å². The number of aromatic nitrogens is 3. The standard InChI is InChI=1S/C18H20N4O/c1-3-10-22-12-16(15-7-5-9-20-17(15)22)18(23)21-13(2)14-6-4-8-19-11-14/h4-9,11-13H,3,10H2,1-2H3,(H,21,23)/t13-/m0/s1. The number of nitrogens with zero attached hydrogens (tertiary/aromatic N) is 3. The van der Waals surface area contributed by atoms with Crippen LogP contribution in [-0.4, -0.2) is 20.4 Å². The van der Waals surface area contributed by atoms with Crippen LogP contribution in [-0.2, 0) is 6.54 Å². The van der Waals surface area contributed by atoms with Gasteiger partial charge in [0.25, 0.3) is 5.91 Å². The van der Waals surface area contributed by atoms with Crippen molar-refractivity contribution in [3.63, 3.8) is 0 Å². The normalized spacial score (nSPS) is 12.3. The van der Waals surface area contributed by atoms with Crippen LogP contribution in [0, 0.1) is 0 Å². The largest absolute Gasteiger partial charge is 0.345 e. The molecular formula is C18H20N4O. The van der Waals surface area contributed by atoms with Crippen molar-refractivity contribution in [1.29, 1.82) is 0 Å². The zero-order valence-corrected chi connectivity index (χ0v) is 13.4. The molecule has 1 atom stereocenters. The molecule has 5 nitrogen and oxygen atoms in total. The molecule has 0 saturated heterocycles. The highest BCUT2D eigenvalue weighted by Crippen LogP contribution is 2.21. The van der Waals surface area contributed by atoms with E-state index in [1.165, 1.54) is 0 Å². The molecule has 0 aromatic carbocycles. The van der Waals surface area contributed by atoms with Gasteiger partial charge in [0, 0.05) is 36.7 Å². The van der Waals surface area contributed by atoms with Crippen molar-refractivity contribution in [3.8, 4) is 0 Å². The molecule has 0 aliphatic rings. The van der Waals surface area contributed by atoms with Crippen LogP contribution in [0.15, 0.2) is 49.1 Å². The molecule has 0 unspecified atom stereocenters. The molecule has 0 saturated carbocycles. The Hall–Kier alpha value is -2.69. The summed E-state index contributed by atoms with van der Waals surface area (Å²) in [6.45, 7) is 4.91. The van der Waals surface area contributed by atoms with E-state index in [0.717, 1.165) is 29.6 Å². The zero-order chi connectivity index (χ0) is 16.2. The highest BCUT2D eigenvalue weighted by molar-refractivity contribution is 6.06. The van der Waals surface area contributed by atoms with Gasteiger partial charge in [-0.15, -0.1) is 0 Å². The van der Waals surface area contributed by atoms with Gasteiger partial charge in [-0.1, -0.05) is 13.0 Å². The first-order valence-electron chi connectivity index (χ1n) is 7.85. The Balaban J connectivity index is 1.89. The Bertz CT molecular complexity index is 810. The van der Waals surface area contributed by atoms with Gasteiger partial charge >= 0.3 is 0 Å². The second kappa shape index (κ2) is 6.60. The molecule has 1 N–H and O–H groups in total. The third-order valence-corrected chi connectivity index (χ3v) is 3.87. The third kappa shape index (κ3) is 3.08. The number of amides is 1. The molecule has 0 radical (unpaired) electrons. The van der Waals surface area contributed by atoms with E-state index < -0.39 is 0 Å². The number of fused-ring (bicyclic) bond motifs is 1. The fourth-order valence-corrected chi connectivity index (χ4v) is 2.70. The van der Waals surface area contributed by atoms with Crippen LogP contribution < -0.4 is 5.32 Å². The summed E-state index contributed by atoms with van der Waals surface area (Å²) in [6.07, 6.45) is 8.14. The molecule has 5 heteroatoms. The number of hydrogen-bond donors (Lipinski definition) is 1. The lowest BCUT2D eigenvalue weighted by Gasteiger charge is -2.13. The first kappa shape index (κ1) is 15.2. The maximum Gasteiger partial charge on any atom is 0.253 e. The Morgan fingerprint density at radius 2 is 2.13 bits per heavy atom. The van der Waals surface area contributed by atoms with E-state index in [1.54, 1.807) is 18.6 Å². The summed E-state index contributed by atoms with van der Waals surface area (Å²) in [5, 5.41) is 3.93. The number of aryl methyl sites for hydroxylation is 1. The van der Waals surface area contributed by atoms with Crippen molar-refractivity contribution in [1.82, 2.24) is 19.9 Å². The monoisotopic (exact) mass is 308 g/mol. The van der Waals surface area contributed by atoms with Gasteiger partial charge in [-0.3, -0.25) is 9.78 Å². The van der Waals surface area contributed by atoms with Crippen molar-refractivity contribution < 1.29 is 4.79 Å².